The van der Waals surface area contributed by atoms with Gasteiger partial charge in [0.2, 0.25) is 11.8 Å². The van der Waals surface area contributed by atoms with Gasteiger partial charge in [0.25, 0.3) is 5.91 Å². The van der Waals surface area contributed by atoms with Gasteiger partial charge in [-0.2, -0.15) is 0 Å². The summed E-state index contributed by atoms with van der Waals surface area (Å²) in [5.41, 5.74) is 4.93. The minimum Gasteiger partial charge on any atom is -0.497 e. The number of nitrogens with one attached hydrogen (secondary N) is 1. The molecule has 4 aliphatic rings. The normalized spacial score (nSPS) is 23.5. The molecule has 3 aliphatic carbocycles. The molecule has 0 aromatic heterocycles. The van der Waals surface area contributed by atoms with E-state index in [-0.39, 0.29) is 29.6 Å². The molecular formula is C34H28N2O5. The molecule has 2 atom stereocenters. The van der Waals surface area contributed by atoms with Crippen LogP contribution in [-0.4, -0.2) is 31.9 Å². The summed E-state index contributed by atoms with van der Waals surface area (Å²) in [5, 5.41) is 2.86. The minimum atomic E-state index is -0.911. The van der Waals surface area contributed by atoms with Crippen LogP contribution in [0.15, 0.2) is 91.0 Å². The fourth-order valence-corrected chi connectivity index (χ4v) is 7.22. The molecule has 1 N–H and O–H groups in total. The molecule has 7 nitrogen and oxygen atoms in total. The van der Waals surface area contributed by atoms with Gasteiger partial charge in [-0.15, -0.1) is 0 Å². The smallest absolute Gasteiger partial charge is 0.255 e. The van der Waals surface area contributed by atoms with E-state index < -0.39 is 11.3 Å². The maximum atomic E-state index is 14.3. The lowest BCUT2D eigenvalue weighted by Crippen LogP contribution is -2.49. The van der Waals surface area contributed by atoms with Gasteiger partial charge in [0, 0.05) is 23.5 Å². The number of nitrogens with zero attached hydrogens (tertiary/aromatic N) is 1. The highest BCUT2D eigenvalue weighted by molar-refractivity contribution is 6.25. The SMILES string of the molecule is COc1ccc(NC(=O)c2ccc(N3C(=O)[C@@H]4C5c6ccccc6C(c6ccccc65)[C@@]4(C)C3=O)cc2)c(OC)c1. The Kier molecular flexibility index (Phi) is 5.54. The van der Waals surface area contributed by atoms with Gasteiger partial charge in [-0.25, -0.2) is 4.90 Å². The van der Waals surface area contributed by atoms with E-state index in [0.29, 0.717) is 28.4 Å². The average molecular weight is 545 g/mol. The summed E-state index contributed by atoms with van der Waals surface area (Å²) in [6.45, 7) is 1.95. The van der Waals surface area contributed by atoms with Crippen molar-refractivity contribution in [3.05, 3.63) is 119 Å². The number of hydrogen-bond acceptors (Lipinski definition) is 5. The molecular weight excluding hydrogens is 516 g/mol. The average Bonchev–Trinajstić information content (AvgIpc) is 3.22. The van der Waals surface area contributed by atoms with E-state index in [9.17, 15) is 14.4 Å². The molecule has 41 heavy (non-hydrogen) atoms. The Bertz CT molecular complexity index is 1700. The van der Waals surface area contributed by atoms with Crippen molar-refractivity contribution in [2.45, 2.75) is 18.8 Å². The first kappa shape index (κ1) is 25.1. The van der Waals surface area contributed by atoms with Crippen LogP contribution in [0.3, 0.4) is 0 Å². The number of rotatable bonds is 5. The number of amides is 3. The third-order valence-corrected chi connectivity index (χ3v) is 9.06. The Morgan fingerprint density at radius 2 is 1.41 bits per heavy atom. The van der Waals surface area contributed by atoms with Gasteiger partial charge in [0.05, 0.1) is 36.9 Å². The van der Waals surface area contributed by atoms with Crippen LogP contribution in [0.1, 0.15) is 51.4 Å². The molecule has 0 saturated carbocycles. The van der Waals surface area contributed by atoms with Crippen LogP contribution in [0.4, 0.5) is 11.4 Å². The maximum absolute atomic E-state index is 14.3. The zero-order valence-corrected chi connectivity index (χ0v) is 22.9. The lowest BCUT2D eigenvalue weighted by atomic mass is 9.48. The van der Waals surface area contributed by atoms with Crippen molar-refractivity contribution in [3.63, 3.8) is 0 Å². The van der Waals surface area contributed by atoms with E-state index in [1.54, 1.807) is 49.6 Å². The second-order valence-electron chi connectivity index (χ2n) is 11.0. The molecule has 0 unspecified atom stereocenters. The van der Waals surface area contributed by atoms with Crippen molar-refractivity contribution >= 4 is 29.1 Å². The predicted octanol–water partition coefficient (Wildman–Crippen LogP) is 5.74. The summed E-state index contributed by atoms with van der Waals surface area (Å²) in [6.07, 6.45) is 0. The highest BCUT2D eigenvalue weighted by Gasteiger charge is 2.68. The van der Waals surface area contributed by atoms with E-state index in [4.69, 9.17) is 9.47 Å². The number of anilines is 2. The van der Waals surface area contributed by atoms with Crippen molar-refractivity contribution in [3.8, 4) is 11.5 Å². The molecule has 7 heteroatoms. The van der Waals surface area contributed by atoms with E-state index in [1.807, 2.05) is 31.2 Å². The monoisotopic (exact) mass is 544 g/mol. The molecule has 204 valence electrons. The van der Waals surface area contributed by atoms with Gasteiger partial charge < -0.3 is 14.8 Å². The van der Waals surface area contributed by atoms with Gasteiger partial charge in [-0.1, -0.05) is 48.5 Å². The minimum absolute atomic E-state index is 0.191. The first-order chi connectivity index (χ1) is 19.9. The lowest BCUT2D eigenvalue weighted by molar-refractivity contribution is -0.128. The van der Waals surface area contributed by atoms with Crippen LogP contribution in [0.2, 0.25) is 0 Å². The zero-order valence-electron chi connectivity index (χ0n) is 22.9. The quantitative estimate of drug-likeness (QED) is 0.324. The van der Waals surface area contributed by atoms with Crippen LogP contribution in [0, 0.1) is 11.3 Å². The summed E-state index contributed by atoms with van der Waals surface area (Å²) in [5.74, 6) is -0.574. The summed E-state index contributed by atoms with van der Waals surface area (Å²) in [7, 11) is 3.08. The zero-order chi connectivity index (χ0) is 28.5. The van der Waals surface area contributed by atoms with E-state index >= 15 is 0 Å². The second-order valence-corrected chi connectivity index (χ2v) is 11.0. The molecule has 2 bridgehead atoms. The Hall–Kier alpha value is -4.91. The molecule has 1 aliphatic heterocycles. The van der Waals surface area contributed by atoms with E-state index in [1.165, 1.54) is 12.0 Å². The Balaban J connectivity index is 1.21. The molecule has 4 aromatic rings. The van der Waals surface area contributed by atoms with Crippen LogP contribution >= 0.6 is 0 Å². The summed E-state index contributed by atoms with van der Waals surface area (Å²) in [6, 6.07) is 28.1. The van der Waals surface area contributed by atoms with Gasteiger partial charge in [0.1, 0.15) is 11.5 Å². The van der Waals surface area contributed by atoms with Gasteiger partial charge in [0.15, 0.2) is 0 Å². The van der Waals surface area contributed by atoms with Crippen molar-refractivity contribution in [2.24, 2.45) is 11.3 Å². The fourth-order valence-electron chi connectivity index (χ4n) is 7.22. The topological polar surface area (TPSA) is 84.9 Å². The maximum Gasteiger partial charge on any atom is 0.255 e. The lowest BCUT2D eigenvalue weighted by Gasteiger charge is -2.51. The van der Waals surface area contributed by atoms with Gasteiger partial charge in [-0.05, 0) is 65.6 Å². The number of benzene rings is 4. The molecule has 0 spiro atoms. The largest absolute Gasteiger partial charge is 0.497 e. The standard InChI is InChI=1S/C34H28N2O5/c1-34-29-24-10-6-4-8-22(24)28(23-9-5-7-11-25(23)29)30(34)32(38)36(33(34)39)20-14-12-19(13-15-20)31(37)35-26-17-16-21(40-2)18-27(26)41-3/h4-18,28-30H,1-3H3,(H,35,37)/t28?,29?,30-,34+/m0/s1. The summed E-state index contributed by atoms with van der Waals surface area (Å²) < 4.78 is 10.6. The van der Waals surface area contributed by atoms with E-state index in [0.717, 1.165) is 22.3 Å². The molecule has 1 saturated heterocycles. The number of imide groups is 1. The molecule has 4 aromatic carbocycles. The van der Waals surface area contributed by atoms with Gasteiger partial charge >= 0.3 is 0 Å². The highest BCUT2D eigenvalue weighted by Crippen LogP contribution is 2.67. The number of ether oxygens (including phenoxy) is 2. The van der Waals surface area contributed by atoms with Crippen molar-refractivity contribution < 1.29 is 23.9 Å². The third kappa shape index (κ3) is 3.41. The second kappa shape index (κ2) is 9.06. The molecule has 1 fully saturated rings. The van der Waals surface area contributed by atoms with Crippen LogP contribution in [0.25, 0.3) is 0 Å². The first-order valence-electron chi connectivity index (χ1n) is 13.6. The van der Waals surface area contributed by atoms with Crippen LogP contribution in [-0.2, 0) is 9.59 Å². The van der Waals surface area contributed by atoms with Gasteiger partial charge in [-0.3, -0.25) is 14.4 Å². The number of methoxy groups -OCH3 is 2. The molecule has 8 rings (SSSR count). The molecule has 1 heterocycles. The number of carbonyl (C=O) groups excluding carboxylic acids is 3. The third-order valence-electron chi connectivity index (χ3n) is 9.06. The molecule has 3 amide bonds. The van der Waals surface area contributed by atoms with Crippen molar-refractivity contribution in [2.75, 3.05) is 24.4 Å². The Morgan fingerprint density at radius 3 is 2.00 bits per heavy atom. The summed E-state index contributed by atoms with van der Waals surface area (Å²) in [4.78, 5) is 42.8. The van der Waals surface area contributed by atoms with Crippen LogP contribution in [0.5, 0.6) is 11.5 Å². The highest BCUT2D eigenvalue weighted by atomic mass is 16.5. The Morgan fingerprint density at radius 1 is 0.805 bits per heavy atom. The first-order valence-corrected chi connectivity index (χ1v) is 13.6. The predicted molar refractivity (Wildman–Crippen MR) is 155 cm³/mol. The van der Waals surface area contributed by atoms with Crippen LogP contribution < -0.4 is 19.7 Å². The molecule has 0 radical (unpaired) electrons. The fraction of sp³-hybridized carbons (Fsp3) is 0.206. The Labute approximate surface area is 237 Å². The number of carbonyl (C=O) groups is 3. The summed E-state index contributed by atoms with van der Waals surface area (Å²) >= 11 is 0. The van der Waals surface area contributed by atoms with Crippen molar-refractivity contribution in [1.82, 2.24) is 0 Å². The van der Waals surface area contributed by atoms with E-state index in [2.05, 4.69) is 29.6 Å². The van der Waals surface area contributed by atoms with Crippen molar-refractivity contribution in [1.29, 1.82) is 0 Å². The number of hydrogen-bond donors (Lipinski definition) is 1.